The van der Waals surface area contributed by atoms with E-state index in [0.717, 1.165) is 16.9 Å². The quantitative estimate of drug-likeness (QED) is 0.456. The smallest absolute Gasteiger partial charge is 0.414 e. The Balaban J connectivity index is 1.37. The zero-order chi connectivity index (χ0) is 23.2. The molecular formula is C24H24FN5O3. The third kappa shape index (κ3) is 5.64. The Morgan fingerprint density at radius 3 is 2.70 bits per heavy atom. The van der Waals surface area contributed by atoms with Crippen molar-refractivity contribution in [2.45, 2.75) is 19.6 Å². The van der Waals surface area contributed by atoms with Crippen LogP contribution in [0, 0.1) is 5.82 Å². The number of nitrogens with zero attached hydrogens (tertiary/aromatic N) is 2. The standard InChI is InChI=1S/C24H24FN5O3/c1-16(31)27-14-20-15-30(24(32)33-20)19-9-10-21(22(25)12-19)18-7-5-17(6-8-18)13-28-29-23-4-2-3-11-26-23/h2-12,20,28H,13-15H2,1H3,(H,26,29)(H,27,31)/t20-/m0/s1. The number of hydrogen-bond donors (Lipinski definition) is 3. The van der Waals surface area contributed by atoms with Crippen molar-refractivity contribution in [3.05, 3.63) is 78.2 Å². The van der Waals surface area contributed by atoms with E-state index in [9.17, 15) is 14.0 Å². The SMILES string of the molecule is CC(=O)NC[C@H]1CN(c2ccc(-c3ccc(CNNc4ccccn4)cc3)c(F)c2)C(=O)O1. The molecule has 1 saturated heterocycles. The number of carbonyl (C=O) groups is 2. The number of aromatic nitrogens is 1. The summed E-state index contributed by atoms with van der Waals surface area (Å²) >= 11 is 0. The summed E-state index contributed by atoms with van der Waals surface area (Å²) in [5.41, 5.74) is 8.70. The Hall–Kier alpha value is -3.98. The fraction of sp³-hybridized carbons (Fsp3) is 0.208. The lowest BCUT2D eigenvalue weighted by Gasteiger charge is -2.15. The van der Waals surface area contributed by atoms with Gasteiger partial charge in [-0.15, -0.1) is 0 Å². The van der Waals surface area contributed by atoms with E-state index in [-0.39, 0.29) is 19.0 Å². The number of hydrogen-bond acceptors (Lipinski definition) is 6. The molecule has 9 heteroatoms. The molecule has 2 aromatic carbocycles. The van der Waals surface area contributed by atoms with Gasteiger partial charge in [-0.25, -0.2) is 19.6 Å². The molecule has 0 radical (unpaired) electrons. The fourth-order valence-corrected chi connectivity index (χ4v) is 3.48. The van der Waals surface area contributed by atoms with E-state index in [0.29, 0.717) is 17.8 Å². The summed E-state index contributed by atoms with van der Waals surface area (Å²) in [6.07, 6.45) is 0.668. The first kappa shape index (κ1) is 22.2. The number of cyclic esters (lactones) is 1. The summed E-state index contributed by atoms with van der Waals surface area (Å²) in [6.45, 7) is 2.42. The van der Waals surface area contributed by atoms with Crippen LogP contribution in [0.1, 0.15) is 12.5 Å². The fourth-order valence-electron chi connectivity index (χ4n) is 3.48. The molecule has 8 nitrogen and oxygen atoms in total. The normalized spacial score (nSPS) is 15.3. The van der Waals surface area contributed by atoms with Crippen LogP contribution in [-0.4, -0.2) is 36.2 Å². The molecule has 2 heterocycles. The third-order valence-corrected chi connectivity index (χ3v) is 5.16. The first-order valence-corrected chi connectivity index (χ1v) is 10.5. The predicted octanol–water partition coefficient (Wildman–Crippen LogP) is 3.47. The van der Waals surface area contributed by atoms with Crippen molar-refractivity contribution in [3.63, 3.8) is 0 Å². The second kappa shape index (κ2) is 10.1. The van der Waals surface area contributed by atoms with Gasteiger partial charge >= 0.3 is 6.09 Å². The van der Waals surface area contributed by atoms with Crippen LogP contribution in [0.25, 0.3) is 11.1 Å². The number of anilines is 2. The van der Waals surface area contributed by atoms with Crippen molar-refractivity contribution in [2.75, 3.05) is 23.4 Å². The molecule has 0 spiro atoms. The summed E-state index contributed by atoms with van der Waals surface area (Å²) in [5, 5.41) is 2.62. The van der Waals surface area contributed by atoms with Crippen LogP contribution in [0.4, 0.5) is 20.7 Å². The molecule has 3 aromatic rings. The van der Waals surface area contributed by atoms with Crippen molar-refractivity contribution < 1.29 is 18.7 Å². The summed E-state index contributed by atoms with van der Waals surface area (Å²) in [4.78, 5) is 28.8. The second-order valence-corrected chi connectivity index (χ2v) is 7.61. The van der Waals surface area contributed by atoms with Crippen molar-refractivity contribution in [1.82, 2.24) is 15.7 Å². The third-order valence-electron chi connectivity index (χ3n) is 5.16. The average molecular weight is 449 g/mol. The summed E-state index contributed by atoms with van der Waals surface area (Å²) in [5.74, 6) is 0.0825. The highest BCUT2D eigenvalue weighted by Gasteiger charge is 2.32. The number of nitrogens with one attached hydrogen (secondary N) is 3. The van der Waals surface area contributed by atoms with Crippen molar-refractivity contribution in [1.29, 1.82) is 0 Å². The highest BCUT2D eigenvalue weighted by molar-refractivity contribution is 5.90. The van der Waals surface area contributed by atoms with Gasteiger partial charge in [0.05, 0.1) is 18.8 Å². The minimum atomic E-state index is -0.561. The molecule has 170 valence electrons. The largest absolute Gasteiger partial charge is 0.442 e. The van der Waals surface area contributed by atoms with Gasteiger partial charge in [0.2, 0.25) is 5.91 Å². The maximum absolute atomic E-state index is 14.9. The molecule has 0 bridgehead atoms. The van der Waals surface area contributed by atoms with Crippen LogP contribution in [-0.2, 0) is 16.1 Å². The average Bonchev–Trinajstić information content (AvgIpc) is 3.19. The predicted molar refractivity (Wildman–Crippen MR) is 123 cm³/mol. The zero-order valence-electron chi connectivity index (χ0n) is 18.0. The number of rotatable bonds is 8. The molecule has 33 heavy (non-hydrogen) atoms. The van der Waals surface area contributed by atoms with Gasteiger partial charge in [0.1, 0.15) is 17.7 Å². The number of ether oxygens (including phenoxy) is 1. The molecule has 0 unspecified atom stereocenters. The van der Waals surface area contributed by atoms with Crippen molar-refractivity contribution in [2.24, 2.45) is 0 Å². The lowest BCUT2D eigenvalue weighted by atomic mass is 10.0. The minimum Gasteiger partial charge on any atom is -0.442 e. The number of hydrazine groups is 1. The topological polar surface area (TPSA) is 95.6 Å². The molecule has 1 aliphatic rings. The van der Waals surface area contributed by atoms with Gasteiger partial charge in [-0.2, -0.15) is 0 Å². The van der Waals surface area contributed by atoms with Crippen LogP contribution >= 0.6 is 0 Å². The summed E-state index contributed by atoms with van der Waals surface area (Å²) in [6, 6.07) is 17.8. The van der Waals surface area contributed by atoms with Gasteiger partial charge in [-0.1, -0.05) is 30.3 Å². The second-order valence-electron chi connectivity index (χ2n) is 7.61. The van der Waals surface area contributed by atoms with Gasteiger partial charge in [-0.3, -0.25) is 9.69 Å². The maximum Gasteiger partial charge on any atom is 0.414 e. The molecule has 3 N–H and O–H groups in total. The van der Waals surface area contributed by atoms with Gasteiger partial charge in [0.15, 0.2) is 0 Å². The van der Waals surface area contributed by atoms with E-state index in [2.05, 4.69) is 21.2 Å². The van der Waals surface area contributed by atoms with Crippen molar-refractivity contribution in [3.8, 4) is 11.1 Å². The van der Waals surface area contributed by atoms with Gasteiger partial charge in [0, 0.05) is 25.2 Å². The Morgan fingerprint density at radius 2 is 2.00 bits per heavy atom. The molecule has 2 amide bonds. The van der Waals surface area contributed by atoms with Gasteiger partial charge in [-0.05, 0) is 41.5 Å². The van der Waals surface area contributed by atoms with Crippen LogP contribution in [0.15, 0.2) is 66.9 Å². The molecule has 1 aromatic heterocycles. The van der Waals surface area contributed by atoms with Crippen LogP contribution in [0.5, 0.6) is 0 Å². The zero-order valence-corrected chi connectivity index (χ0v) is 18.0. The molecule has 1 fully saturated rings. The number of pyridine rings is 1. The van der Waals surface area contributed by atoms with E-state index in [4.69, 9.17) is 4.74 Å². The van der Waals surface area contributed by atoms with Crippen molar-refractivity contribution >= 4 is 23.5 Å². The molecule has 0 aliphatic carbocycles. The Morgan fingerprint density at radius 1 is 1.18 bits per heavy atom. The van der Waals surface area contributed by atoms with E-state index in [1.165, 1.54) is 17.9 Å². The number of benzene rings is 2. The molecule has 1 atom stereocenters. The summed E-state index contributed by atoms with van der Waals surface area (Å²) < 4.78 is 20.1. The van der Waals surface area contributed by atoms with E-state index < -0.39 is 18.0 Å². The Labute approximate surface area is 190 Å². The molecule has 0 saturated carbocycles. The maximum atomic E-state index is 14.9. The highest BCUT2D eigenvalue weighted by Crippen LogP contribution is 2.29. The lowest BCUT2D eigenvalue weighted by Crippen LogP contribution is -2.33. The van der Waals surface area contributed by atoms with E-state index >= 15 is 0 Å². The monoisotopic (exact) mass is 449 g/mol. The first-order chi connectivity index (χ1) is 16.0. The van der Waals surface area contributed by atoms with E-state index in [1.54, 1.807) is 18.3 Å². The number of carbonyl (C=O) groups excluding carboxylic acids is 2. The van der Waals surface area contributed by atoms with Gasteiger partial charge < -0.3 is 15.5 Å². The van der Waals surface area contributed by atoms with Crippen LogP contribution in [0.3, 0.4) is 0 Å². The van der Waals surface area contributed by atoms with Crippen LogP contribution in [0.2, 0.25) is 0 Å². The molecule has 4 rings (SSSR count). The lowest BCUT2D eigenvalue weighted by molar-refractivity contribution is -0.119. The van der Waals surface area contributed by atoms with Gasteiger partial charge in [0.25, 0.3) is 0 Å². The highest BCUT2D eigenvalue weighted by atomic mass is 19.1. The minimum absolute atomic E-state index is 0.203. The van der Waals surface area contributed by atoms with E-state index in [1.807, 2.05) is 42.5 Å². The number of amides is 2. The first-order valence-electron chi connectivity index (χ1n) is 10.5. The summed E-state index contributed by atoms with van der Waals surface area (Å²) in [7, 11) is 0. The Kier molecular flexibility index (Phi) is 6.80. The number of halogens is 1. The van der Waals surface area contributed by atoms with Crippen LogP contribution < -0.4 is 21.1 Å². The molecule has 1 aliphatic heterocycles. The Bertz CT molecular complexity index is 1120. The molecular weight excluding hydrogens is 425 g/mol.